The molecule has 0 radical (unpaired) electrons. The number of likely N-dealkylation sites (tertiary alicyclic amines) is 1. The van der Waals surface area contributed by atoms with Crippen LogP contribution in [0.1, 0.15) is 28.8 Å². The Morgan fingerprint density at radius 3 is 2.37 bits per heavy atom. The molecule has 0 spiro atoms. The molecule has 9 nitrogen and oxygen atoms in total. The molecule has 35 heavy (non-hydrogen) atoms. The van der Waals surface area contributed by atoms with Gasteiger partial charge in [0.25, 0.3) is 5.91 Å². The first-order valence-electron chi connectivity index (χ1n) is 11.3. The number of carbonyl (C=O) groups excluding carboxylic acids is 3. The summed E-state index contributed by atoms with van der Waals surface area (Å²) in [6.45, 7) is 0.954. The van der Waals surface area contributed by atoms with Gasteiger partial charge in [0, 0.05) is 23.6 Å². The van der Waals surface area contributed by atoms with Gasteiger partial charge in [-0.25, -0.2) is 9.59 Å². The topological polar surface area (TPSA) is 94.6 Å². The van der Waals surface area contributed by atoms with Crippen LogP contribution < -0.4 is 9.47 Å². The molecule has 0 aromatic heterocycles. The van der Waals surface area contributed by atoms with E-state index >= 15 is 0 Å². The first kappa shape index (κ1) is 24.8. The number of piperidine rings is 1. The number of hydrogen-bond donors (Lipinski definition) is 0. The van der Waals surface area contributed by atoms with Crippen molar-refractivity contribution in [1.29, 1.82) is 0 Å². The van der Waals surface area contributed by atoms with Crippen LogP contribution in [0.2, 0.25) is 0 Å². The Bertz CT molecular complexity index is 1090. The Balaban J connectivity index is 1.38. The summed E-state index contributed by atoms with van der Waals surface area (Å²) in [6, 6.07) is 11.7. The van der Waals surface area contributed by atoms with Crippen molar-refractivity contribution in [3.63, 3.8) is 0 Å². The molecule has 2 amide bonds. The molecule has 2 aliphatic heterocycles. The highest BCUT2D eigenvalue weighted by molar-refractivity contribution is 9.10. The van der Waals surface area contributed by atoms with Gasteiger partial charge >= 0.3 is 12.1 Å². The lowest BCUT2D eigenvalue weighted by Gasteiger charge is -2.37. The average molecular weight is 547 g/mol. The second-order valence-corrected chi connectivity index (χ2v) is 9.16. The minimum Gasteiger partial charge on any atom is -0.493 e. The van der Waals surface area contributed by atoms with E-state index < -0.39 is 18.1 Å². The molecule has 0 aliphatic carbocycles. The number of nitrogens with zero attached hydrogens (tertiary/aromatic N) is 2. The van der Waals surface area contributed by atoms with E-state index in [2.05, 4.69) is 15.9 Å². The maximum absolute atomic E-state index is 13.2. The van der Waals surface area contributed by atoms with Crippen molar-refractivity contribution in [2.45, 2.75) is 31.5 Å². The number of carbonyl (C=O) groups is 3. The zero-order valence-electron chi connectivity index (χ0n) is 19.6. The van der Waals surface area contributed by atoms with Crippen molar-refractivity contribution in [1.82, 2.24) is 9.80 Å². The van der Waals surface area contributed by atoms with Crippen molar-refractivity contribution in [2.24, 2.45) is 0 Å². The van der Waals surface area contributed by atoms with Gasteiger partial charge in [0.15, 0.2) is 17.5 Å². The molecule has 2 aliphatic rings. The Morgan fingerprint density at radius 1 is 1.06 bits per heavy atom. The average Bonchev–Trinajstić information content (AvgIpc) is 3.28. The Morgan fingerprint density at radius 2 is 1.71 bits per heavy atom. The summed E-state index contributed by atoms with van der Waals surface area (Å²) in [7, 11) is 3.05. The lowest BCUT2D eigenvalue weighted by atomic mass is 10.0. The van der Waals surface area contributed by atoms with Gasteiger partial charge in [-0.3, -0.25) is 9.69 Å². The van der Waals surface area contributed by atoms with Crippen LogP contribution in [0.3, 0.4) is 0 Å². The van der Waals surface area contributed by atoms with Crippen LogP contribution in [0.15, 0.2) is 46.9 Å². The normalized spacial score (nSPS) is 18.3. The second kappa shape index (κ2) is 11.0. The zero-order chi connectivity index (χ0) is 24.9. The quantitative estimate of drug-likeness (QED) is 0.489. The van der Waals surface area contributed by atoms with Gasteiger partial charge in [0.2, 0.25) is 0 Å². The van der Waals surface area contributed by atoms with Crippen LogP contribution >= 0.6 is 15.9 Å². The smallest absolute Gasteiger partial charge is 0.410 e. The standard InChI is InChI=1S/C25H27BrN2O7/c1-32-21-12-18(19(26)13-22(21)33-2)23(29)27-10-8-17(9-11-27)28-20(15-35-25(28)31)24(30)34-14-16-6-4-3-5-7-16/h3-7,12-13,17,20H,8-11,14-15H2,1-2H3. The van der Waals surface area contributed by atoms with Crippen LogP contribution in [0.25, 0.3) is 0 Å². The van der Waals surface area contributed by atoms with E-state index in [0.717, 1.165) is 5.56 Å². The highest BCUT2D eigenvalue weighted by Gasteiger charge is 2.44. The minimum absolute atomic E-state index is 0.0375. The first-order chi connectivity index (χ1) is 16.9. The van der Waals surface area contributed by atoms with E-state index in [1.54, 1.807) is 17.0 Å². The number of halogens is 1. The monoisotopic (exact) mass is 546 g/mol. The fraction of sp³-hybridized carbons (Fsp3) is 0.400. The van der Waals surface area contributed by atoms with E-state index in [4.69, 9.17) is 18.9 Å². The molecular weight excluding hydrogens is 520 g/mol. The van der Waals surface area contributed by atoms with Gasteiger partial charge in [0.1, 0.15) is 13.2 Å². The molecule has 0 N–H and O–H groups in total. The highest BCUT2D eigenvalue weighted by Crippen LogP contribution is 2.34. The summed E-state index contributed by atoms with van der Waals surface area (Å²) in [5.41, 5.74) is 1.33. The van der Waals surface area contributed by atoms with E-state index in [9.17, 15) is 14.4 Å². The number of benzene rings is 2. The Labute approximate surface area is 212 Å². The van der Waals surface area contributed by atoms with E-state index in [0.29, 0.717) is 47.5 Å². The summed E-state index contributed by atoms with van der Waals surface area (Å²) in [6.07, 6.45) is 0.515. The van der Waals surface area contributed by atoms with Crippen LogP contribution in [0.4, 0.5) is 4.79 Å². The van der Waals surface area contributed by atoms with Crippen LogP contribution in [0.5, 0.6) is 11.5 Å². The van der Waals surface area contributed by atoms with Gasteiger partial charge in [0.05, 0.1) is 19.8 Å². The molecule has 2 aromatic rings. The third kappa shape index (κ3) is 5.37. The molecule has 186 valence electrons. The van der Waals surface area contributed by atoms with Crippen LogP contribution in [-0.2, 0) is 20.9 Å². The van der Waals surface area contributed by atoms with Gasteiger partial charge in [-0.05, 0) is 46.5 Å². The van der Waals surface area contributed by atoms with Crippen molar-refractivity contribution in [2.75, 3.05) is 33.9 Å². The summed E-state index contributed by atoms with van der Waals surface area (Å²) >= 11 is 3.44. The van der Waals surface area contributed by atoms with Gasteiger partial charge < -0.3 is 23.8 Å². The van der Waals surface area contributed by atoms with Crippen molar-refractivity contribution in [3.8, 4) is 11.5 Å². The second-order valence-electron chi connectivity index (χ2n) is 8.30. The maximum atomic E-state index is 13.2. The van der Waals surface area contributed by atoms with Gasteiger partial charge in [-0.1, -0.05) is 30.3 Å². The predicted octanol–water partition coefficient (Wildman–Crippen LogP) is 3.64. The van der Waals surface area contributed by atoms with Crippen molar-refractivity contribution < 1.29 is 33.3 Å². The maximum Gasteiger partial charge on any atom is 0.410 e. The third-order valence-corrected chi connectivity index (χ3v) is 6.91. The number of esters is 1. The van der Waals surface area contributed by atoms with Crippen LogP contribution in [0, 0.1) is 0 Å². The molecule has 1 atom stereocenters. The van der Waals surface area contributed by atoms with Gasteiger partial charge in [-0.2, -0.15) is 0 Å². The lowest BCUT2D eigenvalue weighted by Crippen LogP contribution is -2.52. The largest absolute Gasteiger partial charge is 0.493 e. The highest BCUT2D eigenvalue weighted by atomic mass is 79.9. The lowest BCUT2D eigenvalue weighted by molar-refractivity contribution is -0.150. The molecule has 2 saturated heterocycles. The number of cyclic esters (lactones) is 1. The molecule has 4 rings (SSSR count). The number of ether oxygens (including phenoxy) is 4. The van der Waals surface area contributed by atoms with E-state index in [1.165, 1.54) is 19.1 Å². The molecular formula is C25H27BrN2O7. The number of rotatable bonds is 7. The van der Waals surface area contributed by atoms with Gasteiger partial charge in [-0.15, -0.1) is 0 Å². The molecule has 2 heterocycles. The number of methoxy groups -OCH3 is 2. The van der Waals surface area contributed by atoms with Crippen LogP contribution in [-0.4, -0.2) is 73.8 Å². The van der Waals surface area contributed by atoms with E-state index in [1.807, 2.05) is 30.3 Å². The summed E-state index contributed by atoms with van der Waals surface area (Å²) in [5, 5.41) is 0. The molecule has 10 heteroatoms. The summed E-state index contributed by atoms with van der Waals surface area (Å²) in [5.74, 6) is 0.338. The molecule has 0 saturated carbocycles. The summed E-state index contributed by atoms with van der Waals surface area (Å²) < 4.78 is 21.8. The fourth-order valence-corrected chi connectivity index (χ4v) is 4.87. The van der Waals surface area contributed by atoms with Crippen molar-refractivity contribution >= 4 is 33.9 Å². The predicted molar refractivity (Wildman–Crippen MR) is 129 cm³/mol. The Kier molecular flexibility index (Phi) is 7.80. The molecule has 1 unspecified atom stereocenters. The van der Waals surface area contributed by atoms with E-state index in [-0.39, 0.29) is 25.2 Å². The summed E-state index contributed by atoms with van der Waals surface area (Å²) in [4.78, 5) is 41.6. The SMILES string of the molecule is COc1cc(Br)c(C(=O)N2CCC(N3C(=O)OCC3C(=O)OCc3ccccc3)CC2)cc1OC. The molecule has 2 aromatic carbocycles. The molecule has 2 fully saturated rings. The first-order valence-corrected chi connectivity index (χ1v) is 12.1. The number of hydrogen-bond acceptors (Lipinski definition) is 7. The third-order valence-electron chi connectivity index (χ3n) is 6.26. The molecule has 0 bridgehead atoms. The fourth-order valence-electron chi connectivity index (χ4n) is 4.38. The zero-order valence-corrected chi connectivity index (χ0v) is 21.2. The Hall–Kier alpha value is -3.27. The van der Waals surface area contributed by atoms with Crippen molar-refractivity contribution in [3.05, 3.63) is 58.1 Å². The number of amides is 2. The minimum atomic E-state index is -0.793.